The Morgan fingerprint density at radius 2 is 2.07 bits per heavy atom. The summed E-state index contributed by atoms with van der Waals surface area (Å²) in [7, 11) is 0. The molecule has 4 N–H and O–H groups in total. The Morgan fingerprint density at radius 3 is 2.78 bits per heavy atom. The number of thiazole rings is 1. The van der Waals surface area contributed by atoms with Crippen LogP contribution < -0.4 is 10.5 Å². The number of fused-ring (bicyclic) bond motifs is 3. The Balaban J connectivity index is 1.81. The van der Waals surface area contributed by atoms with Crippen molar-refractivity contribution in [2.24, 2.45) is 5.73 Å². The van der Waals surface area contributed by atoms with Crippen LogP contribution in [0.5, 0.6) is 5.75 Å². The van der Waals surface area contributed by atoms with Crippen LogP contribution in [0.4, 0.5) is 0 Å². The molecule has 1 aliphatic carbocycles. The molecule has 6 nitrogen and oxygen atoms in total. The Morgan fingerprint density at radius 1 is 1.33 bits per heavy atom. The fourth-order valence-corrected chi connectivity index (χ4v) is 4.41. The third kappa shape index (κ3) is 3.32. The van der Waals surface area contributed by atoms with Crippen LogP contribution in [0.25, 0.3) is 11.3 Å². The average Bonchev–Trinajstić information content (AvgIpc) is 3.24. The van der Waals surface area contributed by atoms with Gasteiger partial charge in [0.1, 0.15) is 23.6 Å². The van der Waals surface area contributed by atoms with Gasteiger partial charge in [0.05, 0.1) is 10.6 Å². The van der Waals surface area contributed by atoms with Gasteiger partial charge in [-0.2, -0.15) is 0 Å². The van der Waals surface area contributed by atoms with Crippen molar-refractivity contribution < 1.29 is 19.7 Å². The molecular weight excluding hydrogens is 364 g/mol. The number of benzene rings is 1. The predicted molar refractivity (Wildman–Crippen MR) is 101 cm³/mol. The molecule has 7 heteroatoms. The molecule has 140 valence electrons. The summed E-state index contributed by atoms with van der Waals surface area (Å²) in [6.07, 6.45) is 3.34. The van der Waals surface area contributed by atoms with E-state index < -0.39 is 17.1 Å². The van der Waals surface area contributed by atoms with Gasteiger partial charge in [-0.05, 0) is 50.8 Å². The quantitative estimate of drug-likeness (QED) is 0.654. The van der Waals surface area contributed by atoms with Gasteiger partial charge in [-0.3, -0.25) is 4.79 Å². The van der Waals surface area contributed by atoms with Gasteiger partial charge in [0.15, 0.2) is 5.01 Å². The van der Waals surface area contributed by atoms with Crippen LogP contribution in [0.1, 0.15) is 52.8 Å². The molecule has 1 aromatic carbocycles. The molecule has 4 rings (SSSR count). The van der Waals surface area contributed by atoms with E-state index in [2.05, 4.69) is 16.8 Å². The Bertz CT molecular complexity index is 978. The van der Waals surface area contributed by atoms with Crippen LogP contribution in [0.3, 0.4) is 0 Å². The van der Waals surface area contributed by atoms with Gasteiger partial charge in [-0.1, -0.05) is 11.8 Å². The maximum atomic E-state index is 11.6. The summed E-state index contributed by atoms with van der Waals surface area (Å²) in [4.78, 5) is 16.5. The number of primary amides is 1. The Hall–Kier alpha value is -2.40. The van der Waals surface area contributed by atoms with E-state index in [4.69, 9.17) is 10.5 Å². The van der Waals surface area contributed by atoms with Crippen LogP contribution in [0, 0.1) is 11.8 Å². The molecule has 2 aliphatic rings. The lowest BCUT2D eigenvalue weighted by Crippen LogP contribution is -2.27. The molecule has 2 heterocycles. The normalized spacial score (nSPS) is 22.6. The van der Waals surface area contributed by atoms with Crippen molar-refractivity contribution in [3.8, 4) is 28.8 Å². The summed E-state index contributed by atoms with van der Waals surface area (Å²) in [6, 6.07) is 5.39. The number of rotatable bonds is 1. The number of aromatic nitrogens is 1. The van der Waals surface area contributed by atoms with E-state index in [9.17, 15) is 15.0 Å². The first-order valence-electron chi connectivity index (χ1n) is 8.84. The van der Waals surface area contributed by atoms with Crippen molar-refractivity contribution >= 4 is 17.2 Å². The largest absolute Gasteiger partial charge is 0.489 e. The molecular formula is C20H20N2O4S. The number of hydrogen-bond donors (Lipinski definition) is 3. The highest BCUT2D eigenvalue weighted by Gasteiger charge is 2.36. The average molecular weight is 384 g/mol. The van der Waals surface area contributed by atoms with Crippen LogP contribution in [-0.4, -0.2) is 33.3 Å². The lowest BCUT2D eigenvalue weighted by atomic mass is 9.99. The zero-order valence-corrected chi connectivity index (χ0v) is 15.7. The molecule has 1 aliphatic heterocycles. The van der Waals surface area contributed by atoms with Crippen LogP contribution >= 0.6 is 11.3 Å². The second-order valence-corrected chi connectivity index (χ2v) is 8.32. The number of ether oxygens (including phenoxy) is 1. The monoisotopic (exact) mass is 384 g/mol. The minimum Gasteiger partial charge on any atom is -0.489 e. The van der Waals surface area contributed by atoms with Gasteiger partial charge >= 0.3 is 0 Å². The standard InChI is InChI=1S/C20H20N2O4S/c1-19(24)11-26-14-5-4-12(6-9-20(25)7-2-3-8-20)10-13(14)15-16(19)27-18(22-15)17(21)23/h4-5,10,24-25H,2-3,7-8,11H2,1H3,(H2,21,23)/t19-/m1/s1. The molecule has 0 spiro atoms. The highest BCUT2D eigenvalue weighted by molar-refractivity contribution is 7.14. The fourth-order valence-electron chi connectivity index (χ4n) is 3.45. The summed E-state index contributed by atoms with van der Waals surface area (Å²) in [6.45, 7) is 1.66. The number of nitrogens with two attached hydrogens (primary N) is 1. The number of carbonyl (C=O) groups excluding carboxylic acids is 1. The van der Waals surface area contributed by atoms with Crippen molar-refractivity contribution in [1.82, 2.24) is 4.98 Å². The molecule has 0 bridgehead atoms. The molecule has 0 unspecified atom stereocenters. The van der Waals surface area contributed by atoms with E-state index in [1.807, 2.05) is 12.1 Å². The predicted octanol–water partition coefficient (Wildman–Crippen LogP) is 2.17. The van der Waals surface area contributed by atoms with Gasteiger partial charge in [0.25, 0.3) is 5.91 Å². The number of hydrogen-bond acceptors (Lipinski definition) is 6. The number of aliphatic hydroxyl groups is 2. The molecule has 1 amide bonds. The number of nitrogens with zero attached hydrogens (tertiary/aromatic N) is 1. The molecule has 0 saturated heterocycles. The molecule has 27 heavy (non-hydrogen) atoms. The van der Waals surface area contributed by atoms with Crippen molar-refractivity contribution in [3.05, 3.63) is 33.6 Å². The van der Waals surface area contributed by atoms with E-state index in [0.29, 0.717) is 40.3 Å². The minimum absolute atomic E-state index is 0.0399. The summed E-state index contributed by atoms with van der Waals surface area (Å²) in [5.74, 6) is 5.95. The Labute approximate surface area is 161 Å². The summed E-state index contributed by atoms with van der Waals surface area (Å²) < 4.78 is 5.76. The first-order valence-corrected chi connectivity index (χ1v) is 9.65. The molecule has 1 aromatic heterocycles. The lowest BCUT2D eigenvalue weighted by Gasteiger charge is -2.19. The van der Waals surface area contributed by atoms with Crippen molar-refractivity contribution in [3.63, 3.8) is 0 Å². The van der Waals surface area contributed by atoms with E-state index in [1.54, 1.807) is 13.0 Å². The first kappa shape index (κ1) is 18.0. The molecule has 1 saturated carbocycles. The van der Waals surface area contributed by atoms with E-state index >= 15 is 0 Å². The third-order valence-electron chi connectivity index (χ3n) is 4.94. The first-order chi connectivity index (χ1) is 12.8. The second-order valence-electron chi connectivity index (χ2n) is 7.32. The zero-order valence-electron chi connectivity index (χ0n) is 14.9. The number of amides is 1. The second kappa shape index (κ2) is 6.34. The van der Waals surface area contributed by atoms with Gasteiger partial charge < -0.3 is 20.7 Å². The number of carbonyl (C=O) groups is 1. The maximum absolute atomic E-state index is 11.6. The van der Waals surface area contributed by atoms with Crippen LogP contribution in [-0.2, 0) is 5.60 Å². The molecule has 1 fully saturated rings. The van der Waals surface area contributed by atoms with Crippen molar-refractivity contribution in [1.29, 1.82) is 0 Å². The smallest absolute Gasteiger partial charge is 0.277 e. The van der Waals surface area contributed by atoms with Gasteiger partial charge in [-0.15, -0.1) is 11.3 Å². The molecule has 2 aromatic rings. The van der Waals surface area contributed by atoms with E-state index in [0.717, 1.165) is 24.2 Å². The lowest BCUT2D eigenvalue weighted by molar-refractivity contribution is 0.0132. The fraction of sp³-hybridized carbons (Fsp3) is 0.400. The highest BCUT2D eigenvalue weighted by atomic mass is 32.1. The summed E-state index contributed by atoms with van der Waals surface area (Å²) in [5, 5.41) is 21.3. The maximum Gasteiger partial charge on any atom is 0.277 e. The third-order valence-corrected chi connectivity index (χ3v) is 6.26. The van der Waals surface area contributed by atoms with Gasteiger partial charge in [-0.25, -0.2) is 4.98 Å². The minimum atomic E-state index is -1.29. The molecule has 1 atom stereocenters. The van der Waals surface area contributed by atoms with Crippen LogP contribution in [0.15, 0.2) is 18.2 Å². The van der Waals surface area contributed by atoms with Crippen molar-refractivity contribution in [2.75, 3.05) is 6.61 Å². The highest BCUT2D eigenvalue weighted by Crippen LogP contribution is 2.43. The van der Waals surface area contributed by atoms with Crippen LogP contribution in [0.2, 0.25) is 0 Å². The SMILES string of the molecule is C[C@@]1(O)COc2ccc(C#CC3(O)CCCC3)cc2-c2nc(C(N)=O)sc21. The topological polar surface area (TPSA) is 106 Å². The zero-order chi connectivity index (χ0) is 19.2. The van der Waals surface area contributed by atoms with Gasteiger partial charge in [0.2, 0.25) is 0 Å². The summed E-state index contributed by atoms with van der Waals surface area (Å²) >= 11 is 1.07. The molecule has 0 radical (unpaired) electrons. The summed E-state index contributed by atoms with van der Waals surface area (Å²) in [5.41, 5.74) is 5.01. The van der Waals surface area contributed by atoms with Gasteiger partial charge in [0, 0.05) is 11.1 Å². The van der Waals surface area contributed by atoms with E-state index in [1.165, 1.54) is 0 Å². The van der Waals surface area contributed by atoms with E-state index in [-0.39, 0.29) is 11.6 Å². The Kier molecular flexibility index (Phi) is 4.22. The van der Waals surface area contributed by atoms with Crippen molar-refractivity contribution in [2.45, 2.75) is 43.8 Å².